The monoisotopic (exact) mass is 409 g/mol. The number of hydrogen-bond donors (Lipinski definition) is 2. The van der Waals surface area contributed by atoms with Crippen molar-refractivity contribution in [1.82, 2.24) is 9.88 Å². The van der Waals surface area contributed by atoms with Crippen molar-refractivity contribution < 1.29 is 9.90 Å². The molecule has 29 heavy (non-hydrogen) atoms. The van der Waals surface area contributed by atoms with E-state index in [9.17, 15) is 4.79 Å². The van der Waals surface area contributed by atoms with E-state index in [0.29, 0.717) is 12.6 Å². The quantitative estimate of drug-likeness (QED) is 0.605. The van der Waals surface area contributed by atoms with Crippen LogP contribution in [0.5, 0.6) is 0 Å². The third kappa shape index (κ3) is 4.83. The summed E-state index contributed by atoms with van der Waals surface area (Å²) in [6.07, 6.45) is 4.00. The van der Waals surface area contributed by atoms with Crippen molar-refractivity contribution >= 4 is 33.1 Å². The molecule has 1 fully saturated rings. The number of thiazole rings is 1. The van der Waals surface area contributed by atoms with Crippen LogP contribution in [0.15, 0.2) is 42.5 Å². The summed E-state index contributed by atoms with van der Waals surface area (Å²) in [5, 5.41) is 13.1. The first-order valence-electron chi connectivity index (χ1n) is 10.2. The molecule has 6 heteroatoms. The molecule has 1 aliphatic rings. The van der Waals surface area contributed by atoms with E-state index in [-0.39, 0.29) is 12.5 Å². The number of likely N-dealkylation sites (tertiary alicyclic amines) is 1. The summed E-state index contributed by atoms with van der Waals surface area (Å²) >= 11 is 1.69. The first-order valence-corrected chi connectivity index (χ1v) is 11.1. The van der Waals surface area contributed by atoms with Crippen LogP contribution in [0.2, 0.25) is 0 Å². The van der Waals surface area contributed by atoms with Gasteiger partial charge in [-0.2, -0.15) is 0 Å². The van der Waals surface area contributed by atoms with E-state index in [0.717, 1.165) is 54.0 Å². The molecule has 2 heterocycles. The molecule has 0 aliphatic carbocycles. The van der Waals surface area contributed by atoms with Gasteiger partial charge in [-0.05, 0) is 81.1 Å². The molecule has 1 saturated heterocycles. The number of aliphatic hydroxyl groups excluding tert-OH is 1. The summed E-state index contributed by atoms with van der Waals surface area (Å²) in [6, 6.07) is 14.6. The maximum absolute atomic E-state index is 12.5. The highest BCUT2D eigenvalue weighted by molar-refractivity contribution is 7.21. The summed E-state index contributed by atoms with van der Waals surface area (Å²) in [6.45, 7) is 3.68. The van der Waals surface area contributed by atoms with Crippen molar-refractivity contribution in [3.8, 4) is 10.6 Å². The highest BCUT2D eigenvalue weighted by Gasteiger charge is 2.25. The van der Waals surface area contributed by atoms with E-state index < -0.39 is 0 Å². The predicted octanol–water partition coefficient (Wildman–Crippen LogP) is 4.45. The lowest BCUT2D eigenvalue weighted by molar-refractivity contribution is -0.117. The molecule has 0 saturated carbocycles. The lowest BCUT2D eigenvalue weighted by Crippen LogP contribution is -2.36. The molecule has 1 amide bonds. The molecule has 0 radical (unpaired) electrons. The molecular weight excluding hydrogens is 382 g/mol. The zero-order valence-corrected chi connectivity index (χ0v) is 17.5. The van der Waals surface area contributed by atoms with E-state index in [1.54, 1.807) is 11.3 Å². The number of aryl methyl sites for hydroxylation is 1. The number of fused-ring (bicyclic) bond motifs is 1. The Bertz CT molecular complexity index is 983. The number of rotatable bonds is 7. The van der Waals surface area contributed by atoms with Crippen LogP contribution in [0.1, 0.15) is 31.2 Å². The summed E-state index contributed by atoms with van der Waals surface area (Å²) in [5.41, 5.74) is 4.13. The first-order chi connectivity index (χ1) is 14.1. The molecule has 1 aliphatic heterocycles. The Balaban J connectivity index is 1.38. The van der Waals surface area contributed by atoms with Gasteiger partial charge in [-0.25, -0.2) is 4.98 Å². The lowest BCUT2D eigenvalue weighted by Gasteiger charge is -2.23. The van der Waals surface area contributed by atoms with Crippen LogP contribution in [0, 0.1) is 6.92 Å². The smallest absolute Gasteiger partial charge is 0.238 e. The maximum Gasteiger partial charge on any atom is 0.238 e. The van der Waals surface area contributed by atoms with Gasteiger partial charge < -0.3 is 10.4 Å². The SMILES string of the molecule is Cc1ccc2nc(-c3ccc(NC(=O)CN4CCCC4CCCO)cc3)sc2c1. The fraction of sp³-hybridized carbons (Fsp3) is 0.391. The molecule has 2 aromatic carbocycles. The normalized spacial score (nSPS) is 17.1. The second kappa shape index (κ2) is 9.03. The molecule has 5 nitrogen and oxygen atoms in total. The third-order valence-electron chi connectivity index (χ3n) is 5.50. The number of hydrogen-bond acceptors (Lipinski definition) is 5. The molecule has 2 N–H and O–H groups in total. The number of amides is 1. The van der Waals surface area contributed by atoms with Crippen LogP contribution < -0.4 is 5.32 Å². The molecule has 1 aromatic heterocycles. The van der Waals surface area contributed by atoms with E-state index in [4.69, 9.17) is 10.1 Å². The van der Waals surface area contributed by atoms with E-state index >= 15 is 0 Å². The van der Waals surface area contributed by atoms with Gasteiger partial charge in [-0.15, -0.1) is 11.3 Å². The number of nitrogens with one attached hydrogen (secondary N) is 1. The number of benzene rings is 2. The lowest BCUT2D eigenvalue weighted by atomic mass is 10.1. The van der Waals surface area contributed by atoms with Gasteiger partial charge in [0.05, 0.1) is 16.8 Å². The Morgan fingerprint density at radius 1 is 1.28 bits per heavy atom. The molecule has 4 rings (SSSR count). The van der Waals surface area contributed by atoms with E-state index in [2.05, 4.69) is 35.3 Å². The van der Waals surface area contributed by atoms with Crippen molar-refractivity contribution in [2.24, 2.45) is 0 Å². The number of anilines is 1. The van der Waals surface area contributed by atoms with Crippen LogP contribution in [-0.4, -0.2) is 46.6 Å². The van der Waals surface area contributed by atoms with Gasteiger partial charge in [0.25, 0.3) is 0 Å². The van der Waals surface area contributed by atoms with Gasteiger partial charge in [-0.3, -0.25) is 9.69 Å². The second-order valence-electron chi connectivity index (χ2n) is 7.75. The molecular formula is C23H27N3O2S. The average molecular weight is 410 g/mol. The average Bonchev–Trinajstić information content (AvgIpc) is 3.33. The zero-order chi connectivity index (χ0) is 20.2. The molecule has 3 aromatic rings. The van der Waals surface area contributed by atoms with Crippen molar-refractivity contribution in [3.05, 3.63) is 48.0 Å². The number of carbonyl (C=O) groups is 1. The largest absolute Gasteiger partial charge is 0.396 e. The fourth-order valence-corrected chi connectivity index (χ4v) is 5.06. The third-order valence-corrected chi connectivity index (χ3v) is 6.57. The van der Waals surface area contributed by atoms with Gasteiger partial charge in [-0.1, -0.05) is 6.07 Å². The van der Waals surface area contributed by atoms with Crippen molar-refractivity contribution in [3.63, 3.8) is 0 Å². The molecule has 0 spiro atoms. The standard InChI is InChI=1S/C23H27N3O2S/c1-16-6-11-20-21(14-16)29-23(25-20)17-7-9-18(10-8-17)24-22(28)15-26-12-2-4-19(26)5-3-13-27/h6-11,14,19,27H,2-5,12-13,15H2,1H3,(H,24,28). The number of carbonyl (C=O) groups excluding carboxylic acids is 1. The predicted molar refractivity (Wildman–Crippen MR) is 119 cm³/mol. The van der Waals surface area contributed by atoms with Crippen molar-refractivity contribution in [1.29, 1.82) is 0 Å². The Morgan fingerprint density at radius 3 is 2.90 bits per heavy atom. The summed E-state index contributed by atoms with van der Waals surface area (Å²) < 4.78 is 1.19. The topological polar surface area (TPSA) is 65.5 Å². The molecule has 0 bridgehead atoms. The van der Waals surface area contributed by atoms with Gasteiger partial charge in [0, 0.05) is 23.9 Å². The van der Waals surface area contributed by atoms with Gasteiger partial charge in [0.15, 0.2) is 0 Å². The fourth-order valence-electron chi connectivity index (χ4n) is 3.99. The second-order valence-corrected chi connectivity index (χ2v) is 8.78. The minimum Gasteiger partial charge on any atom is -0.396 e. The number of aliphatic hydroxyl groups is 1. The zero-order valence-electron chi connectivity index (χ0n) is 16.7. The molecule has 1 atom stereocenters. The first kappa shape index (κ1) is 20.0. The van der Waals surface area contributed by atoms with Crippen LogP contribution in [0.4, 0.5) is 5.69 Å². The Labute approximate surface area is 175 Å². The van der Waals surface area contributed by atoms with E-state index in [1.165, 1.54) is 10.3 Å². The summed E-state index contributed by atoms with van der Waals surface area (Å²) in [7, 11) is 0. The highest BCUT2D eigenvalue weighted by atomic mass is 32.1. The minimum atomic E-state index is 0.0177. The highest BCUT2D eigenvalue weighted by Crippen LogP contribution is 2.31. The van der Waals surface area contributed by atoms with Crippen LogP contribution in [-0.2, 0) is 4.79 Å². The van der Waals surface area contributed by atoms with Gasteiger partial charge >= 0.3 is 0 Å². The van der Waals surface area contributed by atoms with Gasteiger partial charge in [0.1, 0.15) is 5.01 Å². The van der Waals surface area contributed by atoms with Crippen LogP contribution in [0.25, 0.3) is 20.8 Å². The van der Waals surface area contributed by atoms with Crippen molar-refractivity contribution in [2.45, 2.75) is 38.6 Å². The van der Waals surface area contributed by atoms with Gasteiger partial charge in [0.2, 0.25) is 5.91 Å². The number of nitrogens with zero attached hydrogens (tertiary/aromatic N) is 2. The Hall–Kier alpha value is -2.28. The van der Waals surface area contributed by atoms with Crippen LogP contribution >= 0.6 is 11.3 Å². The summed E-state index contributed by atoms with van der Waals surface area (Å²) in [5.74, 6) is 0.0177. The Morgan fingerprint density at radius 2 is 2.10 bits per heavy atom. The van der Waals surface area contributed by atoms with Crippen molar-refractivity contribution in [2.75, 3.05) is 25.0 Å². The van der Waals surface area contributed by atoms with Crippen LogP contribution in [0.3, 0.4) is 0 Å². The Kier molecular flexibility index (Phi) is 6.23. The molecule has 152 valence electrons. The summed E-state index contributed by atoms with van der Waals surface area (Å²) in [4.78, 5) is 19.4. The number of aromatic nitrogens is 1. The van der Waals surface area contributed by atoms with E-state index in [1.807, 2.05) is 24.3 Å². The maximum atomic E-state index is 12.5. The minimum absolute atomic E-state index is 0.0177. The molecule has 1 unspecified atom stereocenters.